The van der Waals surface area contributed by atoms with E-state index in [2.05, 4.69) is 10.3 Å². The summed E-state index contributed by atoms with van der Waals surface area (Å²) in [5.74, 6) is -0.743. The average Bonchev–Trinajstić information content (AvgIpc) is 2.88. The highest BCUT2D eigenvalue weighted by molar-refractivity contribution is 5.97. The summed E-state index contributed by atoms with van der Waals surface area (Å²) >= 11 is 0. The van der Waals surface area contributed by atoms with Gasteiger partial charge in [-0.05, 0) is 24.6 Å². The van der Waals surface area contributed by atoms with Gasteiger partial charge in [-0.25, -0.2) is 0 Å². The van der Waals surface area contributed by atoms with Gasteiger partial charge in [-0.1, -0.05) is 0 Å². The number of carboxylic acids is 1. The maximum atomic E-state index is 11.8. The van der Waals surface area contributed by atoms with Crippen LogP contribution in [0.15, 0.2) is 18.3 Å². The van der Waals surface area contributed by atoms with Crippen molar-refractivity contribution < 1.29 is 19.4 Å². The molecule has 2 aromatic rings. The lowest BCUT2D eigenvalue weighted by molar-refractivity contribution is -0.138. The minimum atomic E-state index is -1.00. The molecule has 1 aromatic carbocycles. The molecule has 0 unspecified atom stereocenters. The molecule has 0 atom stereocenters. The molecule has 1 aromatic heterocycles. The molecule has 0 aliphatic heterocycles. The Morgan fingerprint density at radius 3 is 2.70 bits per heavy atom. The molecule has 0 bridgehead atoms. The van der Waals surface area contributed by atoms with Crippen LogP contribution in [0.25, 0.3) is 10.9 Å². The number of benzene rings is 1. The van der Waals surface area contributed by atoms with Gasteiger partial charge in [0, 0.05) is 29.8 Å². The zero-order valence-electron chi connectivity index (χ0n) is 12.7. The van der Waals surface area contributed by atoms with E-state index in [1.54, 1.807) is 13.2 Å². The first kappa shape index (κ1) is 18.8. The highest BCUT2D eigenvalue weighted by Crippen LogP contribution is 2.31. The van der Waals surface area contributed by atoms with Gasteiger partial charge in [0.05, 0.1) is 19.0 Å². The second-order valence-electron chi connectivity index (χ2n) is 4.90. The second kappa shape index (κ2) is 8.40. The number of hydrogen-bond acceptors (Lipinski definition) is 4. The quantitative estimate of drug-likeness (QED) is 0.613. The summed E-state index contributed by atoms with van der Waals surface area (Å²) in [5, 5.41) is 12.2. The van der Waals surface area contributed by atoms with Gasteiger partial charge >= 0.3 is 5.97 Å². The summed E-state index contributed by atoms with van der Waals surface area (Å²) in [6.45, 7) is 0.518. The van der Waals surface area contributed by atoms with Gasteiger partial charge in [-0.15, -0.1) is 12.4 Å². The number of fused-ring (bicyclic) bond motifs is 1. The van der Waals surface area contributed by atoms with Crippen molar-refractivity contribution in [2.24, 2.45) is 5.73 Å². The fourth-order valence-corrected chi connectivity index (χ4v) is 2.29. The van der Waals surface area contributed by atoms with Crippen LogP contribution >= 0.6 is 12.4 Å². The zero-order valence-corrected chi connectivity index (χ0v) is 13.5. The van der Waals surface area contributed by atoms with Crippen molar-refractivity contribution in [3.05, 3.63) is 23.9 Å². The molecule has 7 nitrogen and oxygen atoms in total. The average molecular weight is 342 g/mol. The van der Waals surface area contributed by atoms with E-state index in [1.807, 2.05) is 12.3 Å². The lowest BCUT2D eigenvalue weighted by Gasteiger charge is -2.09. The number of H-pyrrole nitrogens is 1. The van der Waals surface area contributed by atoms with E-state index in [9.17, 15) is 9.59 Å². The van der Waals surface area contributed by atoms with Crippen LogP contribution in [0.1, 0.15) is 18.4 Å². The summed E-state index contributed by atoms with van der Waals surface area (Å²) in [7, 11) is 1.55. The molecule has 126 valence electrons. The summed E-state index contributed by atoms with van der Waals surface area (Å²) < 4.78 is 5.33. The van der Waals surface area contributed by atoms with E-state index >= 15 is 0 Å². The molecule has 0 saturated heterocycles. The van der Waals surface area contributed by atoms with Crippen LogP contribution in [0.5, 0.6) is 5.75 Å². The number of hydrogen-bond donors (Lipinski definition) is 4. The van der Waals surface area contributed by atoms with Crippen molar-refractivity contribution in [1.29, 1.82) is 0 Å². The first-order chi connectivity index (χ1) is 10.5. The van der Waals surface area contributed by atoms with Crippen LogP contribution in [-0.2, 0) is 16.0 Å². The van der Waals surface area contributed by atoms with Crippen LogP contribution in [0.3, 0.4) is 0 Å². The molecular formula is C15H20ClN3O4. The molecular weight excluding hydrogens is 322 g/mol. The number of nitrogens with two attached hydrogens (primary N) is 1. The van der Waals surface area contributed by atoms with Gasteiger partial charge < -0.3 is 25.9 Å². The number of aromatic amines is 1. The molecule has 0 fully saturated rings. The molecule has 0 radical (unpaired) electrons. The standard InChI is InChI=1S/C15H19N3O4.ClH/c1-22-12-7-10(18-13(19)2-3-14(20)21)6-11-9(4-5-16)8-17-15(11)12;/h6-8,17H,2-5,16H2,1H3,(H,18,19)(H,20,21);1H. The van der Waals surface area contributed by atoms with Crippen LogP contribution in [0.2, 0.25) is 0 Å². The third-order valence-corrected chi connectivity index (χ3v) is 3.32. The number of carbonyl (C=O) groups is 2. The molecule has 0 aliphatic carbocycles. The number of halogens is 1. The Morgan fingerprint density at radius 2 is 2.09 bits per heavy atom. The Labute approximate surface area is 139 Å². The maximum Gasteiger partial charge on any atom is 0.303 e. The van der Waals surface area contributed by atoms with Crippen molar-refractivity contribution >= 4 is 40.9 Å². The molecule has 0 spiro atoms. The number of aliphatic carboxylic acids is 1. The van der Waals surface area contributed by atoms with Crippen LogP contribution in [0.4, 0.5) is 5.69 Å². The van der Waals surface area contributed by atoms with Gasteiger partial charge in [0.25, 0.3) is 0 Å². The Balaban J connectivity index is 0.00000264. The van der Waals surface area contributed by atoms with Crippen LogP contribution in [0, 0.1) is 0 Å². The summed E-state index contributed by atoms with van der Waals surface area (Å²) in [4.78, 5) is 25.4. The molecule has 0 aliphatic rings. The Hall–Kier alpha value is -2.25. The molecule has 5 N–H and O–H groups in total. The number of ether oxygens (including phenoxy) is 1. The molecule has 2 rings (SSSR count). The molecule has 23 heavy (non-hydrogen) atoms. The maximum absolute atomic E-state index is 11.8. The van der Waals surface area contributed by atoms with Gasteiger partial charge in [-0.3, -0.25) is 9.59 Å². The third kappa shape index (κ3) is 4.61. The Morgan fingerprint density at radius 1 is 1.35 bits per heavy atom. The topological polar surface area (TPSA) is 117 Å². The molecule has 1 amide bonds. The smallest absolute Gasteiger partial charge is 0.303 e. The van der Waals surface area contributed by atoms with E-state index in [-0.39, 0.29) is 31.2 Å². The van der Waals surface area contributed by atoms with Crippen molar-refractivity contribution in [2.45, 2.75) is 19.3 Å². The highest BCUT2D eigenvalue weighted by Gasteiger charge is 2.12. The number of aromatic nitrogens is 1. The largest absolute Gasteiger partial charge is 0.494 e. The second-order valence-corrected chi connectivity index (χ2v) is 4.90. The number of rotatable bonds is 7. The SMILES string of the molecule is COc1cc(NC(=O)CCC(=O)O)cc2c(CCN)c[nH]c12.Cl. The van der Waals surface area contributed by atoms with Gasteiger partial charge in [0.2, 0.25) is 5.91 Å². The Bertz CT molecular complexity index is 699. The first-order valence-electron chi connectivity index (χ1n) is 6.95. The summed E-state index contributed by atoms with van der Waals surface area (Å²) in [5.41, 5.74) is 8.05. The lowest BCUT2D eigenvalue weighted by atomic mass is 10.1. The minimum absolute atomic E-state index is 0. The predicted octanol–water partition coefficient (Wildman–Crippen LogP) is 1.90. The fourth-order valence-electron chi connectivity index (χ4n) is 2.29. The van der Waals surface area contributed by atoms with Gasteiger partial charge in [0.1, 0.15) is 5.75 Å². The fraction of sp³-hybridized carbons (Fsp3) is 0.333. The number of methoxy groups -OCH3 is 1. The monoisotopic (exact) mass is 341 g/mol. The van der Waals surface area contributed by atoms with E-state index < -0.39 is 5.97 Å². The van der Waals surface area contributed by atoms with Gasteiger partial charge in [0.15, 0.2) is 0 Å². The lowest BCUT2D eigenvalue weighted by Crippen LogP contribution is -2.13. The van der Waals surface area contributed by atoms with E-state index in [1.165, 1.54) is 0 Å². The number of amides is 1. The van der Waals surface area contributed by atoms with E-state index in [0.29, 0.717) is 24.4 Å². The van der Waals surface area contributed by atoms with Crippen molar-refractivity contribution in [2.75, 3.05) is 19.0 Å². The van der Waals surface area contributed by atoms with Crippen molar-refractivity contribution in [3.8, 4) is 5.75 Å². The van der Waals surface area contributed by atoms with Crippen molar-refractivity contribution in [3.63, 3.8) is 0 Å². The number of nitrogens with one attached hydrogen (secondary N) is 2. The summed E-state index contributed by atoms with van der Waals surface area (Å²) in [6.07, 6.45) is 2.31. The predicted molar refractivity (Wildman–Crippen MR) is 90.4 cm³/mol. The number of anilines is 1. The first-order valence-corrected chi connectivity index (χ1v) is 6.95. The van der Waals surface area contributed by atoms with Crippen molar-refractivity contribution in [1.82, 2.24) is 4.98 Å². The highest BCUT2D eigenvalue weighted by atomic mass is 35.5. The molecule has 1 heterocycles. The third-order valence-electron chi connectivity index (χ3n) is 3.32. The number of carbonyl (C=O) groups excluding carboxylic acids is 1. The van der Waals surface area contributed by atoms with Crippen LogP contribution in [-0.4, -0.2) is 35.6 Å². The van der Waals surface area contributed by atoms with Crippen LogP contribution < -0.4 is 15.8 Å². The Kier molecular flexibility index (Phi) is 6.87. The molecule has 8 heteroatoms. The molecule has 0 saturated carbocycles. The van der Waals surface area contributed by atoms with Gasteiger partial charge in [-0.2, -0.15) is 0 Å². The van der Waals surface area contributed by atoms with E-state index in [4.69, 9.17) is 15.6 Å². The number of carboxylic acid groups (broad SMARTS) is 1. The minimum Gasteiger partial charge on any atom is -0.494 e. The normalized spacial score (nSPS) is 10.2. The van der Waals surface area contributed by atoms with E-state index in [0.717, 1.165) is 16.5 Å². The zero-order chi connectivity index (χ0) is 16.1. The summed E-state index contributed by atoms with van der Waals surface area (Å²) in [6, 6.07) is 3.53.